The molecule has 0 N–H and O–H groups in total. The van der Waals surface area contributed by atoms with Gasteiger partial charge in [-0.3, -0.25) is 0 Å². The van der Waals surface area contributed by atoms with Gasteiger partial charge in [-0.1, -0.05) is 0 Å². The van der Waals surface area contributed by atoms with Gasteiger partial charge < -0.3 is 4.90 Å². The molecule has 68 valence electrons. The van der Waals surface area contributed by atoms with Crippen molar-refractivity contribution >= 4 is 11.3 Å². The first kappa shape index (κ1) is 9.75. The lowest BCUT2D eigenvalue weighted by Gasteiger charge is -2.08. The number of thiophene rings is 1. The van der Waals surface area contributed by atoms with Gasteiger partial charge in [0, 0.05) is 4.88 Å². The Morgan fingerprint density at radius 3 is 2.67 bits per heavy atom. The maximum atomic E-state index is 2.24. The molecule has 0 saturated carbocycles. The Bertz CT molecular complexity index is 227. The molecule has 12 heavy (non-hydrogen) atoms. The largest absolute Gasteiger partial charge is 0.309 e. The highest BCUT2D eigenvalue weighted by Gasteiger charge is 1.99. The molecule has 0 fully saturated rings. The summed E-state index contributed by atoms with van der Waals surface area (Å²) in [5.74, 6) is 0. The summed E-state index contributed by atoms with van der Waals surface area (Å²) in [6.45, 7) is 3.39. The van der Waals surface area contributed by atoms with Gasteiger partial charge in [0.25, 0.3) is 0 Å². The molecule has 0 aliphatic heterocycles. The average molecular weight is 183 g/mol. The Hall–Kier alpha value is -0.340. The second-order valence-electron chi connectivity index (χ2n) is 3.43. The van der Waals surface area contributed by atoms with E-state index in [1.54, 1.807) is 4.88 Å². The lowest BCUT2D eigenvalue weighted by Crippen LogP contribution is -2.13. The predicted molar refractivity (Wildman–Crippen MR) is 55.9 cm³/mol. The number of hydrogen-bond acceptors (Lipinski definition) is 2. The van der Waals surface area contributed by atoms with E-state index in [9.17, 15) is 0 Å². The minimum Gasteiger partial charge on any atom is -0.309 e. The fraction of sp³-hybridized carbons (Fsp3) is 0.600. The van der Waals surface area contributed by atoms with Gasteiger partial charge in [-0.15, -0.1) is 11.3 Å². The van der Waals surface area contributed by atoms with Gasteiger partial charge in [0.1, 0.15) is 0 Å². The van der Waals surface area contributed by atoms with Crippen LogP contribution in [0, 0.1) is 6.92 Å². The van der Waals surface area contributed by atoms with Crippen molar-refractivity contribution < 1.29 is 0 Å². The van der Waals surface area contributed by atoms with Gasteiger partial charge in [0.15, 0.2) is 0 Å². The summed E-state index contributed by atoms with van der Waals surface area (Å²) in [5, 5.41) is 2.18. The summed E-state index contributed by atoms with van der Waals surface area (Å²) in [7, 11) is 4.25. The monoisotopic (exact) mass is 183 g/mol. The molecule has 0 amide bonds. The number of nitrogens with zero attached hydrogens (tertiary/aromatic N) is 1. The second-order valence-corrected chi connectivity index (χ2v) is 4.43. The zero-order chi connectivity index (χ0) is 8.97. The fourth-order valence-electron chi connectivity index (χ4n) is 1.22. The van der Waals surface area contributed by atoms with Crippen LogP contribution < -0.4 is 0 Å². The number of hydrogen-bond donors (Lipinski definition) is 0. The second kappa shape index (κ2) is 4.63. The van der Waals surface area contributed by atoms with Crippen molar-refractivity contribution in [2.75, 3.05) is 20.6 Å². The van der Waals surface area contributed by atoms with E-state index in [2.05, 4.69) is 37.4 Å². The standard InChI is InChI=1S/C10H17NS/c1-9-6-8-12-10(9)5-4-7-11(2)3/h6,8H,4-5,7H2,1-3H3. The van der Waals surface area contributed by atoms with Crippen LogP contribution in [-0.2, 0) is 6.42 Å². The molecular formula is C10H17NS. The third-order valence-corrected chi connectivity index (χ3v) is 3.06. The van der Waals surface area contributed by atoms with Crippen LogP contribution in [0.15, 0.2) is 11.4 Å². The van der Waals surface area contributed by atoms with E-state index >= 15 is 0 Å². The normalized spacial score (nSPS) is 11.0. The molecule has 0 radical (unpaired) electrons. The van der Waals surface area contributed by atoms with Gasteiger partial charge in [-0.2, -0.15) is 0 Å². The minimum atomic E-state index is 1.19. The zero-order valence-electron chi connectivity index (χ0n) is 8.13. The molecule has 1 nitrogen and oxygen atoms in total. The van der Waals surface area contributed by atoms with Crippen LogP contribution in [0.1, 0.15) is 16.9 Å². The topological polar surface area (TPSA) is 3.24 Å². The fourth-order valence-corrected chi connectivity index (χ4v) is 2.17. The third-order valence-electron chi connectivity index (χ3n) is 1.98. The molecule has 1 heterocycles. The highest BCUT2D eigenvalue weighted by atomic mass is 32.1. The van der Waals surface area contributed by atoms with Crippen molar-refractivity contribution in [3.8, 4) is 0 Å². The van der Waals surface area contributed by atoms with E-state index in [1.165, 1.54) is 24.9 Å². The predicted octanol–water partition coefficient (Wildman–Crippen LogP) is 2.55. The van der Waals surface area contributed by atoms with Crippen molar-refractivity contribution in [3.05, 3.63) is 21.9 Å². The molecule has 0 bridgehead atoms. The molecule has 0 saturated heterocycles. The van der Waals surface area contributed by atoms with Gasteiger partial charge in [0.2, 0.25) is 0 Å². The molecule has 1 aromatic heterocycles. The zero-order valence-corrected chi connectivity index (χ0v) is 8.95. The van der Waals surface area contributed by atoms with Crippen molar-refractivity contribution in [1.82, 2.24) is 4.90 Å². The quantitative estimate of drug-likeness (QED) is 0.693. The SMILES string of the molecule is Cc1ccsc1CCCN(C)C. The smallest absolute Gasteiger partial charge is 0.00748 e. The Morgan fingerprint density at radius 2 is 2.17 bits per heavy atom. The maximum absolute atomic E-state index is 2.24. The van der Waals surface area contributed by atoms with E-state index in [4.69, 9.17) is 0 Å². The van der Waals surface area contributed by atoms with Gasteiger partial charge in [-0.25, -0.2) is 0 Å². The number of aryl methyl sites for hydroxylation is 2. The van der Waals surface area contributed by atoms with Crippen LogP contribution in [0.5, 0.6) is 0 Å². The first-order valence-electron chi connectivity index (χ1n) is 4.38. The van der Waals surface area contributed by atoms with E-state index < -0.39 is 0 Å². The Kier molecular flexibility index (Phi) is 3.76. The number of rotatable bonds is 4. The van der Waals surface area contributed by atoms with Crippen LogP contribution in [0.25, 0.3) is 0 Å². The summed E-state index contributed by atoms with van der Waals surface area (Å²) in [4.78, 5) is 3.79. The first-order valence-corrected chi connectivity index (χ1v) is 5.26. The van der Waals surface area contributed by atoms with E-state index in [0.717, 1.165) is 0 Å². The summed E-state index contributed by atoms with van der Waals surface area (Å²) in [6.07, 6.45) is 2.51. The summed E-state index contributed by atoms with van der Waals surface area (Å²) < 4.78 is 0. The first-order chi connectivity index (χ1) is 5.70. The third kappa shape index (κ3) is 2.95. The minimum absolute atomic E-state index is 1.19. The van der Waals surface area contributed by atoms with Crippen molar-refractivity contribution in [1.29, 1.82) is 0 Å². The van der Waals surface area contributed by atoms with E-state index in [1.807, 2.05) is 11.3 Å². The van der Waals surface area contributed by atoms with Crippen LogP contribution in [0.3, 0.4) is 0 Å². The van der Waals surface area contributed by atoms with Crippen LogP contribution in [-0.4, -0.2) is 25.5 Å². The molecular weight excluding hydrogens is 166 g/mol. The average Bonchev–Trinajstić information content (AvgIpc) is 2.36. The highest BCUT2D eigenvalue weighted by Crippen LogP contribution is 2.17. The summed E-state index contributed by atoms with van der Waals surface area (Å²) in [6, 6.07) is 2.20. The molecule has 0 aromatic carbocycles. The summed E-state index contributed by atoms with van der Waals surface area (Å²) >= 11 is 1.88. The molecule has 0 unspecified atom stereocenters. The Morgan fingerprint density at radius 1 is 1.42 bits per heavy atom. The van der Waals surface area contributed by atoms with Gasteiger partial charge >= 0.3 is 0 Å². The highest BCUT2D eigenvalue weighted by molar-refractivity contribution is 7.10. The van der Waals surface area contributed by atoms with Crippen LogP contribution in [0.4, 0.5) is 0 Å². The molecule has 0 aliphatic carbocycles. The van der Waals surface area contributed by atoms with E-state index in [0.29, 0.717) is 0 Å². The summed E-state index contributed by atoms with van der Waals surface area (Å²) in [5.41, 5.74) is 1.46. The Balaban J connectivity index is 2.29. The van der Waals surface area contributed by atoms with Crippen molar-refractivity contribution in [2.24, 2.45) is 0 Å². The molecule has 0 spiro atoms. The maximum Gasteiger partial charge on any atom is 0.00748 e. The molecule has 2 heteroatoms. The molecule has 1 aromatic rings. The van der Waals surface area contributed by atoms with E-state index in [-0.39, 0.29) is 0 Å². The lowest BCUT2D eigenvalue weighted by molar-refractivity contribution is 0.401. The van der Waals surface area contributed by atoms with Gasteiger partial charge in [0.05, 0.1) is 0 Å². The molecule has 0 atom stereocenters. The van der Waals surface area contributed by atoms with Crippen LogP contribution in [0.2, 0.25) is 0 Å². The van der Waals surface area contributed by atoms with Crippen molar-refractivity contribution in [2.45, 2.75) is 19.8 Å². The lowest BCUT2D eigenvalue weighted by atomic mass is 10.2. The van der Waals surface area contributed by atoms with Crippen LogP contribution >= 0.6 is 11.3 Å². The van der Waals surface area contributed by atoms with Crippen molar-refractivity contribution in [3.63, 3.8) is 0 Å². The molecule has 0 aliphatic rings. The molecule has 1 rings (SSSR count). The Labute approximate surface area is 79.0 Å². The van der Waals surface area contributed by atoms with Gasteiger partial charge in [-0.05, 0) is 57.4 Å².